The monoisotopic (exact) mass is 241 g/mol. The van der Waals surface area contributed by atoms with Gasteiger partial charge in [-0.2, -0.15) is 0 Å². The van der Waals surface area contributed by atoms with E-state index in [1.165, 1.54) is 12.1 Å². The highest BCUT2D eigenvalue weighted by molar-refractivity contribution is 6.32. The summed E-state index contributed by atoms with van der Waals surface area (Å²) in [6.45, 7) is 4.80. The number of halogens is 1. The van der Waals surface area contributed by atoms with Gasteiger partial charge in [-0.3, -0.25) is 4.79 Å². The van der Waals surface area contributed by atoms with Crippen LogP contribution in [0.1, 0.15) is 30.6 Å². The van der Waals surface area contributed by atoms with E-state index >= 15 is 0 Å². The van der Waals surface area contributed by atoms with E-state index in [0.29, 0.717) is 18.0 Å². The van der Waals surface area contributed by atoms with Crippen molar-refractivity contribution in [2.24, 2.45) is 5.92 Å². The molecule has 3 nitrogen and oxygen atoms in total. The van der Waals surface area contributed by atoms with Gasteiger partial charge in [0.15, 0.2) is 0 Å². The fourth-order valence-corrected chi connectivity index (χ4v) is 1.34. The van der Waals surface area contributed by atoms with Crippen molar-refractivity contribution in [1.82, 2.24) is 5.32 Å². The topological polar surface area (TPSA) is 49.3 Å². The Morgan fingerprint density at radius 3 is 2.81 bits per heavy atom. The second-order valence-corrected chi connectivity index (χ2v) is 4.30. The SMILES string of the molecule is CCC(C)CNC(=O)c1ccc(O)c(Cl)c1. The van der Waals surface area contributed by atoms with Crippen molar-refractivity contribution in [3.8, 4) is 5.75 Å². The lowest BCUT2D eigenvalue weighted by molar-refractivity contribution is 0.0948. The quantitative estimate of drug-likeness (QED) is 0.852. The second-order valence-electron chi connectivity index (χ2n) is 3.89. The van der Waals surface area contributed by atoms with Gasteiger partial charge in [0.05, 0.1) is 5.02 Å². The van der Waals surface area contributed by atoms with Crippen LogP contribution in [-0.4, -0.2) is 17.6 Å². The van der Waals surface area contributed by atoms with Crippen molar-refractivity contribution in [2.45, 2.75) is 20.3 Å². The molecule has 2 N–H and O–H groups in total. The van der Waals surface area contributed by atoms with E-state index < -0.39 is 0 Å². The summed E-state index contributed by atoms with van der Waals surface area (Å²) >= 11 is 5.72. The Bertz CT molecular complexity index is 379. The fourth-order valence-electron chi connectivity index (χ4n) is 1.16. The number of hydrogen-bond donors (Lipinski definition) is 2. The molecular weight excluding hydrogens is 226 g/mol. The molecule has 0 heterocycles. The molecule has 0 fully saturated rings. The highest BCUT2D eigenvalue weighted by atomic mass is 35.5. The molecule has 0 bridgehead atoms. The number of phenolic OH excluding ortho intramolecular Hbond substituents is 1. The van der Waals surface area contributed by atoms with Crippen LogP contribution in [0.5, 0.6) is 5.75 Å². The van der Waals surface area contributed by atoms with Crippen molar-refractivity contribution in [2.75, 3.05) is 6.54 Å². The minimum atomic E-state index is -0.165. The van der Waals surface area contributed by atoms with Gasteiger partial charge < -0.3 is 10.4 Å². The molecule has 0 spiro atoms. The van der Waals surface area contributed by atoms with Gasteiger partial charge in [-0.05, 0) is 24.1 Å². The number of amides is 1. The van der Waals surface area contributed by atoms with Crippen LogP contribution in [0.15, 0.2) is 18.2 Å². The van der Waals surface area contributed by atoms with Gasteiger partial charge in [-0.1, -0.05) is 31.9 Å². The molecule has 16 heavy (non-hydrogen) atoms. The molecule has 0 radical (unpaired) electrons. The lowest BCUT2D eigenvalue weighted by Gasteiger charge is -2.10. The maximum Gasteiger partial charge on any atom is 0.251 e. The van der Waals surface area contributed by atoms with E-state index in [2.05, 4.69) is 19.2 Å². The van der Waals surface area contributed by atoms with Crippen molar-refractivity contribution in [3.05, 3.63) is 28.8 Å². The number of benzene rings is 1. The standard InChI is InChI=1S/C12H16ClNO2/c1-3-8(2)7-14-12(16)9-4-5-11(15)10(13)6-9/h4-6,8,15H,3,7H2,1-2H3,(H,14,16). The van der Waals surface area contributed by atoms with Crippen LogP contribution in [0.4, 0.5) is 0 Å². The smallest absolute Gasteiger partial charge is 0.251 e. The van der Waals surface area contributed by atoms with Crippen LogP contribution < -0.4 is 5.32 Å². The molecule has 0 aliphatic rings. The normalized spacial score (nSPS) is 12.2. The molecule has 4 heteroatoms. The summed E-state index contributed by atoms with van der Waals surface area (Å²) in [6, 6.07) is 4.43. The highest BCUT2D eigenvalue weighted by Crippen LogP contribution is 2.23. The van der Waals surface area contributed by atoms with Gasteiger partial charge in [-0.25, -0.2) is 0 Å². The van der Waals surface area contributed by atoms with Crippen LogP contribution in [-0.2, 0) is 0 Å². The molecule has 0 saturated carbocycles. The largest absolute Gasteiger partial charge is 0.506 e. The predicted octanol–water partition coefficient (Wildman–Crippen LogP) is 2.82. The van der Waals surface area contributed by atoms with Crippen LogP contribution in [0.3, 0.4) is 0 Å². The number of phenols is 1. The highest BCUT2D eigenvalue weighted by Gasteiger charge is 2.08. The molecule has 1 rings (SSSR count). The summed E-state index contributed by atoms with van der Waals surface area (Å²) < 4.78 is 0. The summed E-state index contributed by atoms with van der Waals surface area (Å²) in [5.41, 5.74) is 0.464. The van der Waals surface area contributed by atoms with E-state index in [1.54, 1.807) is 6.07 Å². The first-order valence-electron chi connectivity index (χ1n) is 5.31. The molecule has 0 aliphatic heterocycles. The summed E-state index contributed by atoms with van der Waals surface area (Å²) in [4.78, 5) is 11.7. The summed E-state index contributed by atoms with van der Waals surface area (Å²) in [7, 11) is 0. The summed E-state index contributed by atoms with van der Waals surface area (Å²) in [5.74, 6) is 0.277. The Labute approximate surface area is 100 Å². The third-order valence-electron chi connectivity index (χ3n) is 2.52. The average molecular weight is 242 g/mol. The molecule has 88 valence electrons. The Morgan fingerprint density at radius 1 is 1.56 bits per heavy atom. The third-order valence-corrected chi connectivity index (χ3v) is 2.82. The molecule has 1 unspecified atom stereocenters. The minimum absolute atomic E-state index is 0.0138. The van der Waals surface area contributed by atoms with Crippen molar-refractivity contribution < 1.29 is 9.90 Å². The van der Waals surface area contributed by atoms with E-state index in [9.17, 15) is 9.90 Å². The molecule has 1 aromatic carbocycles. The number of hydrogen-bond acceptors (Lipinski definition) is 2. The van der Waals surface area contributed by atoms with Gasteiger partial charge in [0.1, 0.15) is 5.75 Å². The molecule has 0 aliphatic carbocycles. The van der Waals surface area contributed by atoms with Gasteiger partial charge in [0.2, 0.25) is 0 Å². The van der Waals surface area contributed by atoms with Crippen LogP contribution >= 0.6 is 11.6 Å². The first kappa shape index (κ1) is 12.8. The van der Waals surface area contributed by atoms with E-state index in [-0.39, 0.29) is 16.7 Å². The Kier molecular flexibility index (Phi) is 4.62. The van der Waals surface area contributed by atoms with Crippen LogP contribution in [0, 0.1) is 5.92 Å². The van der Waals surface area contributed by atoms with Crippen LogP contribution in [0.25, 0.3) is 0 Å². The zero-order valence-electron chi connectivity index (χ0n) is 9.46. The molecule has 0 saturated heterocycles. The zero-order valence-corrected chi connectivity index (χ0v) is 10.2. The second kappa shape index (κ2) is 5.75. The van der Waals surface area contributed by atoms with Gasteiger partial charge in [0, 0.05) is 12.1 Å². The maximum atomic E-state index is 11.7. The first-order valence-corrected chi connectivity index (χ1v) is 5.69. The number of aromatic hydroxyl groups is 1. The van der Waals surface area contributed by atoms with Gasteiger partial charge >= 0.3 is 0 Å². The molecular formula is C12H16ClNO2. The first-order chi connectivity index (χ1) is 7.54. The molecule has 1 amide bonds. The minimum Gasteiger partial charge on any atom is -0.506 e. The summed E-state index contributed by atoms with van der Waals surface area (Å²) in [6.07, 6.45) is 1.02. The zero-order chi connectivity index (χ0) is 12.1. The predicted molar refractivity (Wildman–Crippen MR) is 64.9 cm³/mol. The molecule has 1 atom stereocenters. The number of nitrogens with one attached hydrogen (secondary N) is 1. The van der Waals surface area contributed by atoms with Crippen LogP contribution in [0.2, 0.25) is 5.02 Å². The van der Waals surface area contributed by atoms with E-state index in [4.69, 9.17) is 11.6 Å². The molecule has 0 aromatic heterocycles. The number of carbonyl (C=O) groups excluding carboxylic acids is 1. The van der Waals surface area contributed by atoms with Gasteiger partial charge in [-0.15, -0.1) is 0 Å². The number of carbonyl (C=O) groups is 1. The van der Waals surface area contributed by atoms with Crippen molar-refractivity contribution in [1.29, 1.82) is 0 Å². The van der Waals surface area contributed by atoms with E-state index in [1.807, 2.05) is 0 Å². The fraction of sp³-hybridized carbons (Fsp3) is 0.417. The Morgan fingerprint density at radius 2 is 2.25 bits per heavy atom. The molecule has 1 aromatic rings. The maximum absolute atomic E-state index is 11.7. The average Bonchev–Trinajstić information content (AvgIpc) is 2.29. The Hall–Kier alpha value is -1.22. The lowest BCUT2D eigenvalue weighted by Crippen LogP contribution is -2.27. The number of rotatable bonds is 4. The Balaban J connectivity index is 2.63. The lowest BCUT2D eigenvalue weighted by atomic mass is 10.1. The van der Waals surface area contributed by atoms with Crippen molar-refractivity contribution >= 4 is 17.5 Å². The summed E-state index contributed by atoms with van der Waals surface area (Å²) in [5, 5.41) is 12.2. The van der Waals surface area contributed by atoms with E-state index in [0.717, 1.165) is 6.42 Å². The van der Waals surface area contributed by atoms with Gasteiger partial charge in [0.25, 0.3) is 5.91 Å². The third kappa shape index (κ3) is 3.42. The van der Waals surface area contributed by atoms with Crippen molar-refractivity contribution in [3.63, 3.8) is 0 Å².